The number of nitrogens with one attached hydrogen (secondary N) is 1. The van der Waals surface area contributed by atoms with Crippen molar-refractivity contribution < 1.29 is 18.3 Å². The van der Waals surface area contributed by atoms with Crippen molar-refractivity contribution in [3.63, 3.8) is 0 Å². The summed E-state index contributed by atoms with van der Waals surface area (Å²) in [5, 5.41) is 11.9. The van der Waals surface area contributed by atoms with Gasteiger partial charge in [0.2, 0.25) is 0 Å². The second-order valence-electron chi connectivity index (χ2n) is 4.11. The summed E-state index contributed by atoms with van der Waals surface area (Å²) in [6.07, 6.45) is -4.00. The lowest BCUT2D eigenvalue weighted by molar-refractivity contribution is -0.245. The summed E-state index contributed by atoms with van der Waals surface area (Å²) < 4.78 is 37.0. The lowest BCUT2D eigenvalue weighted by atomic mass is 9.55. The quantitative estimate of drug-likeness (QED) is 0.711. The Labute approximate surface area is 86.3 Å². The predicted octanol–water partition coefficient (Wildman–Crippen LogP) is 1.19. The molecule has 0 unspecified atom stereocenters. The lowest BCUT2D eigenvalue weighted by Crippen LogP contribution is -2.55. The van der Waals surface area contributed by atoms with Gasteiger partial charge in [-0.05, 0) is 18.9 Å². The molecule has 0 spiro atoms. The highest BCUT2D eigenvalue weighted by Gasteiger charge is 2.64. The Kier molecular flexibility index (Phi) is 3.05. The fourth-order valence-electron chi connectivity index (χ4n) is 2.62. The molecule has 2 aliphatic rings. The zero-order valence-corrected chi connectivity index (χ0v) is 8.29. The molecule has 1 saturated carbocycles. The average Bonchev–Trinajstić information content (AvgIpc) is 2.27. The summed E-state index contributed by atoms with van der Waals surface area (Å²) in [4.78, 5) is 0. The highest BCUT2D eigenvalue weighted by molar-refractivity contribution is 5.85. The minimum atomic E-state index is -4.09. The first-order valence-corrected chi connectivity index (χ1v) is 4.38. The SMILES string of the molecule is Cl.OC[C@@]12CNC[C@@H]1[C@@H](C(F)(F)F)C2. The summed E-state index contributed by atoms with van der Waals surface area (Å²) in [5.41, 5.74) is -0.472. The first-order chi connectivity index (χ1) is 5.99. The molecule has 0 aromatic rings. The van der Waals surface area contributed by atoms with Crippen molar-refractivity contribution in [1.29, 1.82) is 0 Å². The van der Waals surface area contributed by atoms with E-state index in [9.17, 15) is 13.2 Å². The second kappa shape index (κ2) is 3.54. The Morgan fingerprint density at radius 1 is 1.43 bits per heavy atom. The molecule has 84 valence electrons. The molecule has 0 radical (unpaired) electrons. The molecule has 0 bridgehead atoms. The van der Waals surface area contributed by atoms with Crippen LogP contribution in [0.2, 0.25) is 0 Å². The number of rotatable bonds is 1. The topological polar surface area (TPSA) is 32.3 Å². The van der Waals surface area contributed by atoms with E-state index >= 15 is 0 Å². The van der Waals surface area contributed by atoms with Crippen molar-refractivity contribution in [1.82, 2.24) is 5.32 Å². The molecule has 0 aromatic carbocycles. The maximum Gasteiger partial charge on any atom is 0.392 e. The zero-order chi connectivity index (χ0) is 9.69. The number of aliphatic hydroxyl groups excluding tert-OH is 1. The van der Waals surface area contributed by atoms with Gasteiger partial charge in [0.1, 0.15) is 0 Å². The second-order valence-corrected chi connectivity index (χ2v) is 4.11. The van der Waals surface area contributed by atoms with E-state index in [1.54, 1.807) is 0 Å². The third-order valence-corrected chi connectivity index (χ3v) is 3.48. The van der Waals surface area contributed by atoms with Crippen LogP contribution in [0.1, 0.15) is 6.42 Å². The Bertz CT molecular complexity index is 223. The monoisotopic (exact) mass is 231 g/mol. The van der Waals surface area contributed by atoms with E-state index in [0.717, 1.165) is 0 Å². The highest BCUT2D eigenvalue weighted by atomic mass is 35.5. The smallest absolute Gasteiger partial charge is 0.392 e. The third kappa shape index (κ3) is 1.51. The van der Waals surface area contributed by atoms with Crippen LogP contribution in [0, 0.1) is 17.3 Å². The van der Waals surface area contributed by atoms with E-state index in [-0.39, 0.29) is 25.4 Å². The van der Waals surface area contributed by atoms with Gasteiger partial charge in [-0.2, -0.15) is 13.2 Å². The number of fused-ring (bicyclic) bond motifs is 1. The molecule has 2 fully saturated rings. The lowest BCUT2D eigenvalue weighted by Gasteiger charge is -2.50. The van der Waals surface area contributed by atoms with Crippen LogP contribution in [0.4, 0.5) is 13.2 Å². The number of hydrogen-bond acceptors (Lipinski definition) is 2. The molecule has 2 rings (SSSR count). The minimum absolute atomic E-state index is 0. The van der Waals surface area contributed by atoms with Crippen LogP contribution in [-0.2, 0) is 0 Å². The van der Waals surface area contributed by atoms with Gasteiger partial charge in [-0.3, -0.25) is 0 Å². The van der Waals surface area contributed by atoms with Crippen molar-refractivity contribution in [3.05, 3.63) is 0 Å². The fraction of sp³-hybridized carbons (Fsp3) is 1.00. The average molecular weight is 232 g/mol. The molecule has 0 aromatic heterocycles. The van der Waals surface area contributed by atoms with Crippen LogP contribution >= 0.6 is 12.4 Å². The molecule has 3 atom stereocenters. The Hall–Kier alpha value is -0.0000000000000000555. The van der Waals surface area contributed by atoms with Gasteiger partial charge in [-0.15, -0.1) is 12.4 Å². The first-order valence-electron chi connectivity index (χ1n) is 4.38. The van der Waals surface area contributed by atoms with Gasteiger partial charge in [-0.1, -0.05) is 0 Å². The molecule has 14 heavy (non-hydrogen) atoms. The summed E-state index contributed by atoms with van der Waals surface area (Å²) in [6.45, 7) is 0.794. The molecule has 1 heterocycles. The van der Waals surface area contributed by atoms with Crippen LogP contribution in [-0.4, -0.2) is 31.0 Å². The summed E-state index contributed by atoms with van der Waals surface area (Å²) >= 11 is 0. The normalized spacial score (nSPS) is 41.1. The zero-order valence-electron chi connectivity index (χ0n) is 7.47. The van der Waals surface area contributed by atoms with Gasteiger partial charge < -0.3 is 10.4 Å². The number of aliphatic hydroxyl groups is 1. The molecule has 1 aliphatic heterocycles. The Morgan fingerprint density at radius 3 is 2.57 bits per heavy atom. The van der Waals surface area contributed by atoms with Gasteiger partial charge in [0, 0.05) is 12.0 Å². The van der Waals surface area contributed by atoms with E-state index in [4.69, 9.17) is 5.11 Å². The molecule has 0 amide bonds. The van der Waals surface area contributed by atoms with Crippen molar-refractivity contribution in [2.75, 3.05) is 19.7 Å². The molecular formula is C8H13ClF3NO. The number of hydrogen-bond donors (Lipinski definition) is 2. The van der Waals surface area contributed by atoms with Crippen LogP contribution in [0.25, 0.3) is 0 Å². The maximum atomic E-state index is 12.3. The van der Waals surface area contributed by atoms with Crippen LogP contribution in [0.15, 0.2) is 0 Å². The summed E-state index contributed by atoms with van der Waals surface area (Å²) in [7, 11) is 0. The van der Waals surface area contributed by atoms with Gasteiger partial charge in [0.25, 0.3) is 0 Å². The minimum Gasteiger partial charge on any atom is -0.396 e. The van der Waals surface area contributed by atoms with Gasteiger partial charge >= 0.3 is 6.18 Å². The standard InChI is InChI=1S/C8H12F3NO.ClH/c9-8(10,11)5-1-7(4-13)3-12-2-6(5)7;/h5-6,12-13H,1-4H2;1H/t5-,6+,7+;/m0./s1. The third-order valence-electron chi connectivity index (χ3n) is 3.48. The van der Waals surface area contributed by atoms with Crippen molar-refractivity contribution >= 4 is 12.4 Å². The number of alkyl halides is 3. The van der Waals surface area contributed by atoms with Gasteiger partial charge in [0.15, 0.2) is 0 Å². The Morgan fingerprint density at radius 2 is 2.07 bits per heavy atom. The molecule has 2 nitrogen and oxygen atoms in total. The summed E-state index contributed by atoms with van der Waals surface area (Å²) in [6, 6.07) is 0. The predicted molar refractivity (Wildman–Crippen MR) is 47.3 cm³/mol. The van der Waals surface area contributed by atoms with E-state index in [1.165, 1.54) is 0 Å². The fourth-order valence-corrected chi connectivity index (χ4v) is 2.62. The maximum absolute atomic E-state index is 12.3. The van der Waals surface area contributed by atoms with E-state index in [1.807, 2.05) is 0 Å². The first kappa shape index (κ1) is 12.1. The van der Waals surface area contributed by atoms with Crippen molar-refractivity contribution in [2.24, 2.45) is 17.3 Å². The van der Waals surface area contributed by atoms with Gasteiger partial charge in [-0.25, -0.2) is 0 Å². The van der Waals surface area contributed by atoms with Crippen LogP contribution < -0.4 is 5.32 Å². The van der Waals surface area contributed by atoms with Gasteiger partial charge in [0.05, 0.1) is 12.5 Å². The van der Waals surface area contributed by atoms with E-state index in [0.29, 0.717) is 13.1 Å². The van der Waals surface area contributed by atoms with Crippen LogP contribution in [0.3, 0.4) is 0 Å². The van der Waals surface area contributed by atoms with Crippen molar-refractivity contribution in [3.8, 4) is 0 Å². The molecule has 6 heteroatoms. The van der Waals surface area contributed by atoms with E-state index < -0.39 is 23.4 Å². The highest BCUT2D eigenvalue weighted by Crippen LogP contribution is 2.58. The van der Waals surface area contributed by atoms with Crippen molar-refractivity contribution in [2.45, 2.75) is 12.6 Å². The summed E-state index contributed by atoms with van der Waals surface area (Å²) in [5.74, 6) is -1.60. The molecule has 1 aliphatic carbocycles. The number of halogens is 4. The molecule has 1 saturated heterocycles. The Balaban J connectivity index is 0.000000980. The molecule has 2 N–H and O–H groups in total. The largest absolute Gasteiger partial charge is 0.396 e. The molecular weight excluding hydrogens is 219 g/mol. The van der Waals surface area contributed by atoms with Crippen LogP contribution in [0.5, 0.6) is 0 Å². The van der Waals surface area contributed by atoms with E-state index in [2.05, 4.69) is 5.32 Å².